The number of rotatable bonds is 6. The van der Waals surface area contributed by atoms with E-state index >= 15 is 0 Å². The molecule has 2 N–H and O–H groups in total. The summed E-state index contributed by atoms with van der Waals surface area (Å²) in [7, 11) is 0. The molecule has 0 aliphatic rings. The molecule has 2 rings (SSSR count). The van der Waals surface area contributed by atoms with E-state index < -0.39 is 12.1 Å². The fourth-order valence-corrected chi connectivity index (χ4v) is 2.72. The van der Waals surface area contributed by atoms with E-state index in [9.17, 15) is 14.4 Å². The van der Waals surface area contributed by atoms with Crippen LogP contribution in [0.2, 0.25) is 0 Å². The molecule has 6 nitrogen and oxygen atoms in total. The number of nitrogens with one attached hydrogen (secondary N) is 2. The summed E-state index contributed by atoms with van der Waals surface area (Å²) in [6.45, 7) is 3.35. The highest BCUT2D eigenvalue weighted by Crippen LogP contribution is 2.19. The van der Waals surface area contributed by atoms with Crippen molar-refractivity contribution in [2.75, 3.05) is 0 Å². The maximum Gasteiger partial charge on any atom is 0.355 e. The Hall–Kier alpha value is -2.41. The lowest BCUT2D eigenvalue weighted by molar-refractivity contribution is -0.119. The molecule has 2 aromatic rings. The van der Waals surface area contributed by atoms with Crippen LogP contribution in [0.4, 0.5) is 0 Å². The summed E-state index contributed by atoms with van der Waals surface area (Å²) in [5.74, 6) is -0.964. The SMILES string of the molecule is CC(=O)NCc1ccc(C(=O)C(C)OC(=O)c2ccc[nH]2)s1. The van der Waals surface area contributed by atoms with Gasteiger partial charge in [-0.15, -0.1) is 11.3 Å². The first kappa shape index (κ1) is 16.0. The van der Waals surface area contributed by atoms with E-state index in [1.54, 1.807) is 30.5 Å². The van der Waals surface area contributed by atoms with E-state index in [0.29, 0.717) is 17.1 Å². The monoisotopic (exact) mass is 320 g/mol. The first-order valence-corrected chi connectivity index (χ1v) is 7.50. The van der Waals surface area contributed by atoms with Gasteiger partial charge in [0.25, 0.3) is 0 Å². The molecule has 0 saturated carbocycles. The summed E-state index contributed by atoms with van der Waals surface area (Å²) in [6, 6.07) is 6.70. The van der Waals surface area contributed by atoms with Crippen LogP contribution in [0.3, 0.4) is 0 Å². The van der Waals surface area contributed by atoms with Crippen molar-refractivity contribution in [2.24, 2.45) is 0 Å². The standard InChI is InChI=1S/C15H16N2O4S/c1-9(21-15(20)12-4-3-7-16-12)14(19)13-6-5-11(22-13)8-17-10(2)18/h3-7,9,16H,8H2,1-2H3,(H,17,18). The van der Waals surface area contributed by atoms with Gasteiger partial charge in [0, 0.05) is 18.0 Å². The van der Waals surface area contributed by atoms with Gasteiger partial charge in [-0.05, 0) is 31.2 Å². The highest BCUT2D eigenvalue weighted by Gasteiger charge is 2.22. The number of esters is 1. The maximum absolute atomic E-state index is 12.2. The largest absolute Gasteiger partial charge is 0.450 e. The van der Waals surface area contributed by atoms with Gasteiger partial charge in [0.15, 0.2) is 6.10 Å². The van der Waals surface area contributed by atoms with Crippen LogP contribution in [0.25, 0.3) is 0 Å². The minimum atomic E-state index is -0.872. The van der Waals surface area contributed by atoms with Crippen molar-refractivity contribution >= 4 is 29.0 Å². The Morgan fingerprint density at radius 2 is 2.09 bits per heavy atom. The number of hydrogen-bond acceptors (Lipinski definition) is 5. The molecule has 0 spiro atoms. The molecule has 1 amide bonds. The number of ketones is 1. The van der Waals surface area contributed by atoms with Crippen molar-refractivity contribution in [3.8, 4) is 0 Å². The number of carbonyl (C=O) groups is 3. The van der Waals surface area contributed by atoms with Gasteiger partial charge in [-0.25, -0.2) is 4.79 Å². The average Bonchev–Trinajstić information content (AvgIpc) is 3.15. The third-order valence-corrected chi connectivity index (χ3v) is 3.99. The number of hydrogen-bond donors (Lipinski definition) is 2. The Morgan fingerprint density at radius 1 is 1.32 bits per heavy atom. The Balaban J connectivity index is 1.95. The smallest absolute Gasteiger partial charge is 0.355 e. The van der Waals surface area contributed by atoms with Crippen LogP contribution in [0.5, 0.6) is 0 Å². The highest BCUT2D eigenvalue weighted by atomic mass is 32.1. The molecule has 7 heteroatoms. The van der Waals surface area contributed by atoms with Gasteiger partial charge < -0.3 is 15.0 Å². The Kier molecular flexibility index (Phi) is 5.11. The van der Waals surface area contributed by atoms with Crippen LogP contribution < -0.4 is 5.32 Å². The number of aromatic nitrogens is 1. The second kappa shape index (κ2) is 7.04. The normalized spacial score (nSPS) is 11.7. The molecule has 0 bridgehead atoms. The number of Topliss-reactive ketones (excluding diaryl/α,β-unsaturated/α-hetero) is 1. The molecule has 116 valence electrons. The predicted molar refractivity (Wildman–Crippen MR) is 81.8 cm³/mol. The van der Waals surface area contributed by atoms with E-state index in [-0.39, 0.29) is 11.7 Å². The third kappa shape index (κ3) is 4.05. The maximum atomic E-state index is 12.2. The number of carbonyl (C=O) groups excluding carboxylic acids is 3. The summed E-state index contributed by atoms with van der Waals surface area (Å²) >= 11 is 1.27. The Labute approximate surface area is 131 Å². The predicted octanol–water partition coefficient (Wildman–Crippen LogP) is 2.14. The van der Waals surface area contributed by atoms with Crippen LogP contribution in [0.15, 0.2) is 30.5 Å². The molecule has 1 unspecified atom stereocenters. The lowest BCUT2D eigenvalue weighted by Crippen LogP contribution is -2.24. The molecule has 0 aliphatic heterocycles. The van der Waals surface area contributed by atoms with Crippen LogP contribution in [0, 0.1) is 0 Å². The van der Waals surface area contributed by atoms with Crippen molar-refractivity contribution in [2.45, 2.75) is 26.5 Å². The number of aromatic amines is 1. The molecular formula is C15H16N2O4S. The van der Waals surface area contributed by atoms with Gasteiger partial charge in [0.2, 0.25) is 11.7 Å². The summed E-state index contributed by atoms with van der Waals surface area (Å²) in [5.41, 5.74) is 0.303. The van der Waals surface area contributed by atoms with Gasteiger partial charge in [-0.2, -0.15) is 0 Å². The fourth-order valence-electron chi connectivity index (χ4n) is 1.75. The first-order chi connectivity index (χ1) is 10.5. The quantitative estimate of drug-likeness (QED) is 0.630. The van der Waals surface area contributed by atoms with Crippen LogP contribution >= 0.6 is 11.3 Å². The molecule has 0 fully saturated rings. The van der Waals surface area contributed by atoms with E-state index in [4.69, 9.17) is 4.74 Å². The minimum absolute atomic E-state index is 0.130. The fraction of sp³-hybridized carbons (Fsp3) is 0.267. The van der Waals surface area contributed by atoms with Crippen molar-refractivity contribution in [1.29, 1.82) is 0 Å². The molecule has 0 saturated heterocycles. The van der Waals surface area contributed by atoms with Gasteiger partial charge in [-0.1, -0.05) is 0 Å². The zero-order chi connectivity index (χ0) is 16.1. The van der Waals surface area contributed by atoms with E-state index in [1.807, 2.05) is 0 Å². The van der Waals surface area contributed by atoms with Crippen molar-refractivity contribution in [1.82, 2.24) is 10.3 Å². The zero-order valence-electron chi connectivity index (χ0n) is 12.2. The number of H-pyrrole nitrogens is 1. The minimum Gasteiger partial charge on any atom is -0.450 e. The number of ether oxygens (including phenoxy) is 1. The highest BCUT2D eigenvalue weighted by molar-refractivity contribution is 7.14. The number of thiophene rings is 1. The van der Waals surface area contributed by atoms with Gasteiger partial charge in [-0.3, -0.25) is 9.59 Å². The molecule has 2 heterocycles. The van der Waals surface area contributed by atoms with Gasteiger partial charge in [0.1, 0.15) is 5.69 Å². The zero-order valence-corrected chi connectivity index (χ0v) is 13.0. The summed E-state index contributed by atoms with van der Waals surface area (Å²) in [6.07, 6.45) is 0.736. The summed E-state index contributed by atoms with van der Waals surface area (Å²) in [4.78, 5) is 39.0. The number of amides is 1. The van der Waals surface area contributed by atoms with Crippen LogP contribution in [0.1, 0.15) is 38.9 Å². The molecule has 0 radical (unpaired) electrons. The Bertz CT molecular complexity index is 676. The Morgan fingerprint density at radius 3 is 2.73 bits per heavy atom. The third-order valence-electron chi connectivity index (χ3n) is 2.89. The molecular weight excluding hydrogens is 304 g/mol. The lowest BCUT2D eigenvalue weighted by Gasteiger charge is -2.10. The van der Waals surface area contributed by atoms with Crippen LogP contribution in [-0.2, 0) is 16.1 Å². The van der Waals surface area contributed by atoms with Crippen molar-refractivity contribution in [3.05, 3.63) is 45.9 Å². The van der Waals surface area contributed by atoms with Gasteiger partial charge in [0.05, 0.1) is 11.4 Å². The van der Waals surface area contributed by atoms with Crippen molar-refractivity contribution in [3.63, 3.8) is 0 Å². The second-order valence-electron chi connectivity index (χ2n) is 4.67. The van der Waals surface area contributed by atoms with Gasteiger partial charge >= 0.3 is 5.97 Å². The first-order valence-electron chi connectivity index (χ1n) is 6.69. The topological polar surface area (TPSA) is 88.3 Å². The van der Waals surface area contributed by atoms with E-state index in [0.717, 1.165) is 4.88 Å². The average molecular weight is 320 g/mol. The molecule has 1 atom stereocenters. The molecule has 0 aromatic carbocycles. The lowest BCUT2D eigenvalue weighted by atomic mass is 10.2. The summed E-state index contributed by atoms with van der Waals surface area (Å²) in [5, 5.41) is 2.66. The molecule has 22 heavy (non-hydrogen) atoms. The van der Waals surface area contributed by atoms with Crippen LogP contribution in [-0.4, -0.2) is 28.7 Å². The molecule has 2 aromatic heterocycles. The van der Waals surface area contributed by atoms with Crippen molar-refractivity contribution < 1.29 is 19.1 Å². The molecule has 0 aliphatic carbocycles. The van der Waals surface area contributed by atoms with E-state index in [1.165, 1.54) is 25.2 Å². The summed E-state index contributed by atoms with van der Waals surface area (Å²) < 4.78 is 5.14. The second-order valence-corrected chi connectivity index (χ2v) is 5.84. The van der Waals surface area contributed by atoms with E-state index in [2.05, 4.69) is 10.3 Å².